The molecule has 0 bridgehead atoms. The Bertz CT molecular complexity index is 810. The van der Waals surface area contributed by atoms with Crippen molar-refractivity contribution in [3.8, 4) is 0 Å². The number of hydrogen-bond acceptors (Lipinski definition) is 4. The van der Waals surface area contributed by atoms with E-state index in [9.17, 15) is 9.90 Å². The largest absolute Gasteiger partial charge is 0.383 e. The molecule has 0 radical (unpaired) electrons. The van der Waals surface area contributed by atoms with Crippen LogP contribution in [-0.4, -0.2) is 23.3 Å². The van der Waals surface area contributed by atoms with Gasteiger partial charge >= 0.3 is 0 Å². The van der Waals surface area contributed by atoms with E-state index in [4.69, 9.17) is 0 Å². The molecule has 2 N–H and O–H groups in total. The van der Waals surface area contributed by atoms with Crippen LogP contribution in [0.25, 0.3) is 10.1 Å². The highest BCUT2D eigenvalue weighted by Crippen LogP contribution is 2.32. The molecular formula is C20H21NO2S2. The number of fused-ring (bicyclic) bond motifs is 1. The van der Waals surface area contributed by atoms with Gasteiger partial charge in [0.25, 0.3) is 0 Å². The molecule has 25 heavy (non-hydrogen) atoms. The van der Waals surface area contributed by atoms with E-state index in [1.807, 2.05) is 60.7 Å². The van der Waals surface area contributed by atoms with E-state index in [-0.39, 0.29) is 12.5 Å². The van der Waals surface area contributed by atoms with Crippen LogP contribution in [0.15, 0.2) is 65.6 Å². The van der Waals surface area contributed by atoms with Crippen LogP contribution in [0.2, 0.25) is 0 Å². The lowest BCUT2D eigenvalue weighted by atomic mass is 10.0. The van der Waals surface area contributed by atoms with Crippen LogP contribution in [0.1, 0.15) is 18.2 Å². The van der Waals surface area contributed by atoms with Gasteiger partial charge in [-0.25, -0.2) is 0 Å². The average Bonchev–Trinajstić information content (AvgIpc) is 3.06. The van der Waals surface area contributed by atoms with Crippen molar-refractivity contribution in [3.63, 3.8) is 0 Å². The summed E-state index contributed by atoms with van der Waals surface area (Å²) < 4.78 is 1.14. The van der Waals surface area contributed by atoms with Gasteiger partial charge in [0, 0.05) is 26.6 Å². The summed E-state index contributed by atoms with van der Waals surface area (Å²) in [6.07, 6.45) is 0.433. The summed E-state index contributed by atoms with van der Waals surface area (Å²) in [6, 6.07) is 20.1. The van der Waals surface area contributed by atoms with Crippen molar-refractivity contribution in [1.29, 1.82) is 0 Å². The van der Waals surface area contributed by atoms with Crippen LogP contribution in [-0.2, 0) is 10.4 Å². The molecule has 1 heterocycles. The first-order valence-corrected chi connectivity index (χ1v) is 10.0. The Labute approximate surface area is 156 Å². The van der Waals surface area contributed by atoms with Gasteiger partial charge in [0.05, 0.1) is 6.54 Å². The monoisotopic (exact) mass is 371 g/mol. The highest BCUT2D eigenvalue weighted by molar-refractivity contribution is 7.99. The number of nitrogens with one attached hydrogen (secondary N) is 1. The second-order valence-corrected chi connectivity index (χ2v) is 8.36. The molecule has 0 saturated carbocycles. The number of aliphatic hydroxyl groups is 1. The van der Waals surface area contributed by atoms with E-state index in [0.29, 0.717) is 6.42 Å². The maximum atomic E-state index is 12.1. The molecule has 0 aliphatic carbocycles. The number of rotatable bonds is 7. The summed E-state index contributed by atoms with van der Waals surface area (Å²) >= 11 is 3.23. The van der Waals surface area contributed by atoms with E-state index >= 15 is 0 Å². The highest BCUT2D eigenvalue weighted by Gasteiger charge is 2.26. The van der Waals surface area contributed by atoms with Crippen molar-refractivity contribution in [2.24, 2.45) is 0 Å². The normalized spacial score (nSPS) is 13.5. The van der Waals surface area contributed by atoms with Gasteiger partial charge < -0.3 is 10.4 Å². The van der Waals surface area contributed by atoms with Gasteiger partial charge in [-0.1, -0.05) is 36.4 Å². The molecule has 0 aliphatic heterocycles. The number of thiophene rings is 1. The Hall–Kier alpha value is -1.82. The van der Waals surface area contributed by atoms with Crippen molar-refractivity contribution >= 4 is 39.1 Å². The lowest BCUT2D eigenvalue weighted by molar-refractivity contribution is -0.121. The second kappa shape index (κ2) is 8.04. The van der Waals surface area contributed by atoms with Crippen LogP contribution in [0.5, 0.6) is 0 Å². The van der Waals surface area contributed by atoms with E-state index in [2.05, 4.69) is 5.32 Å². The van der Waals surface area contributed by atoms with E-state index < -0.39 is 5.60 Å². The number of thioether (sulfide) groups is 1. The maximum Gasteiger partial charge on any atom is 0.220 e. The van der Waals surface area contributed by atoms with Gasteiger partial charge in [-0.05, 0) is 36.6 Å². The van der Waals surface area contributed by atoms with Crippen LogP contribution >= 0.6 is 23.1 Å². The summed E-state index contributed by atoms with van der Waals surface area (Å²) in [4.78, 5) is 14.1. The molecule has 2 aromatic carbocycles. The molecule has 130 valence electrons. The van der Waals surface area contributed by atoms with Gasteiger partial charge in [-0.3, -0.25) is 4.79 Å². The maximum absolute atomic E-state index is 12.1. The number of hydrogen-bond donors (Lipinski definition) is 2. The lowest BCUT2D eigenvalue weighted by Gasteiger charge is -2.22. The SMILES string of the molecule is C[C@@](O)(CNC(=O)CCSc1ccccc1)c1cc2ccccc2s1. The minimum atomic E-state index is -1.06. The van der Waals surface area contributed by atoms with Crippen molar-refractivity contribution < 1.29 is 9.90 Å². The number of amides is 1. The third-order valence-corrected chi connectivity index (χ3v) is 6.31. The van der Waals surface area contributed by atoms with Crippen molar-refractivity contribution in [2.75, 3.05) is 12.3 Å². The van der Waals surface area contributed by atoms with Gasteiger partial charge in [0.2, 0.25) is 5.91 Å². The molecule has 0 fully saturated rings. The van der Waals surface area contributed by atoms with Crippen molar-refractivity contribution in [2.45, 2.75) is 23.8 Å². The van der Waals surface area contributed by atoms with E-state index in [0.717, 1.165) is 25.6 Å². The summed E-state index contributed by atoms with van der Waals surface area (Å²) in [7, 11) is 0. The molecule has 1 amide bonds. The lowest BCUT2D eigenvalue weighted by Crippen LogP contribution is -2.38. The average molecular weight is 372 g/mol. The van der Waals surface area contributed by atoms with E-state index in [1.165, 1.54) is 0 Å². The molecule has 3 aromatic rings. The van der Waals surface area contributed by atoms with E-state index in [1.54, 1.807) is 30.0 Å². The molecule has 1 aromatic heterocycles. The van der Waals surface area contributed by atoms with Crippen LogP contribution in [0, 0.1) is 0 Å². The fraction of sp³-hybridized carbons (Fsp3) is 0.250. The summed E-state index contributed by atoms with van der Waals surface area (Å²) in [5, 5.41) is 14.7. The Morgan fingerprint density at radius 3 is 2.64 bits per heavy atom. The summed E-state index contributed by atoms with van der Waals surface area (Å²) in [5.74, 6) is 0.686. The Morgan fingerprint density at radius 1 is 1.16 bits per heavy atom. The Kier molecular flexibility index (Phi) is 5.78. The number of carbonyl (C=O) groups is 1. The van der Waals surface area contributed by atoms with Gasteiger partial charge in [0.15, 0.2) is 0 Å². The minimum Gasteiger partial charge on any atom is -0.383 e. The molecule has 0 unspecified atom stereocenters. The smallest absolute Gasteiger partial charge is 0.220 e. The Balaban J connectivity index is 1.50. The zero-order valence-electron chi connectivity index (χ0n) is 14.1. The first kappa shape index (κ1) is 18.0. The molecule has 0 spiro atoms. The topological polar surface area (TPSA) is 49.3 Å². The first-order valence-electron chi connectivity index (χ1n) is 8.20. The van der Waals surface area contributed by atoms with Crippen molar-refractivity contribution in [1.82, 2.24) is 5.32 Å². The molecule has 0 aliphatic rings. The van der Waals surface area contributed by atoms with Crippen molar-refractivity contribution in [3.05, 3.63) is 65.5 Å². The number of benzene rings is 2. The standard InChI is InChI=1S/C20H21NO2S2/c1-20(23,18-13-15-7-5-6-10-17(15)25-18)14-21-19(22)11-12-24-16-8-3-2-4-9-16/h2-10,13,23H,11-12,14H2,1H3,(H,21,22)/t20-/m1/s1. The van der Waals surface area contributed by atoms with Crippen LogP contribution < -0.4 is 5.32 Å². The predicted molar refractivity (Wildman–Crippen MR) is 106 cm³/mol. The molecular weight excluding hydrogens is 350 g/mol. The first-order chi connectivity index (χ1) is 12.0. The molecule has 1 atom stereocenters. The summed E-state index contributed by atoms with van der Waals surface area (Å²) in [6.45, 7) is 1.96. The highest BCUT2D eigenvalue weighted by atomic mass is 32.2. The predicted octanol–water partition coefficient (Wildman–Crippen LogP) is 4.41. The fourth-order valence-electron chi connectivity index (χ4n) is 2.47. The zero-order valence-corrected chi connectivity index (χ0v) is 15.7. The fourth-order valence-corrected chi connectivity index (χ4v) is 4.45. The second-order valence-electron chi connectivity index (χ2n) is 6.11. The van der Waals surface area contributed by atoms with Crippen LogP contribution in [0.3, 0.4) is 0 Å². The van der Waals surface area contributed by atoms with Gasteiger partial charge in [-0.2, -0.15) is 0 Å². The molecule has 5 heteroatoms. The third-order valence-electron chi connectivity index (χ3n) is 3.93. The summed E-state index contributed by atoms with van der Waals surface area (Å²) in [5.41, 5.74) is -1.06. The molecule has 3 rings (SSSR count). The van der Waals surface area contributed by atoms with Gasteiger partial charge in [-0.15, -0.1) is 23.1 Å². The third kappa shape index (κ3) is 4.84. The minimum absolute atomic E-state index is 0.0372. The molecule has 0 saturated heterocycles. The Morgan fingerprint density at radius 2 is 1.88 bits per heavy atom. The number of carbonyl (C=O) groups excluding carboxylic acids is 1. The zero-order chi connectivity index (χ0) is 17.7. The van der Waals surface area contributed by atoms with Gasteiger partial charge in [0.1, 0.15) is 5.60 Å². The molecule has 3 nitrogen and oxygen atoms in total. The quantitative estimate of drug-likeness (QED) is 0.605. The van der Waals surface area contributed by atoms with Crippen LogP contribution in [0.4, 0.5) is 0 Å².